The van der Waals surface area contributed by atoms with Gasteiger partial charge in [0.05, 0.1) is 0 Å². The maximum atomic E-state index is 4.81. The van der Waals surface area contributed by atoms with Gasteiger partial charge in [-0.1, -0.05) is 12.2 Å². The molecule has 0 atom stereocenters. The van der Waals surface area contributed by atoms with Crippen molar-refractivity contribution in [2.24, 2.45) is 0 Å². The van der Waals surface area contributed by atoms with E-state index in [2.05, 4.69) is 26.5 Å². The van der Waals surface area contributed by atoms with E-state index in [0.717, 1.165) is 13.1 Å². The van der Waals surface area contributed by atoms with Gasteiger partial charge in [0.25, 0.3) is 0 Å². The summed E-state index contributed by atoms with van der Waals surface area (Å²) in [4.78, 5) is 2.01. The summed E-state index contributed by atoms with van der Waals surface area (Å²) < 4.78 is 0.690. The Labute approximate surface area is 84.3 Å². The minimum atomic E-state index is 0. The molecule has 56 valence electrons. The maximum absolute atomic E-state index is 4.81. The SMILES string of the molecule is CCN(CC)C(=S)S.[TeH2]. The van der Waals surface area contributed by atoms with Crippen molar-refractivity contribution >= 4 is 52.8 Å². The third-order valence-corrected chi connectivity index (χ3v) is 1.58. The standard InChI is InChI=1S/C5H11NS2.H2Te/c1-3-6(4-2)5(7)8;/h3-4H2,1-2H3,(H,7,8);1H2. The van der Waals surface area contributed by atoms with Crippen LogP contribution in [0.2, 0.25) is 0 Å². The fourth-order valence-corrected chi connectivity index (χ4v) is 1.04. The van der Waals surface area contributed by atoms with Crippen molar-refractivity contribution in [1.82, 2.24) is 4.90 Å². The van der Waals surface area contributed by atoms with E-state index in [-0.39, 0.29) is 23.7 Å². The van der Waals surface area contributed by atoms with Crippen LogP contribution in [-0.4, -0.2) is 46.0 Å². The van der Waals surface area contributed by atoms with Crippen molar-refractivity contribution in [3.8, 4) is 0 Å². The number of hydrogen-bond acceptors (Lipinski definition) is 1. The van der Waals surface area contributed by atoms with Gasteiger partial charge in [-0.2, -0.15) is 0 Å². The first-order chi connectivity index (χ1) is 3.72. The van der Waals surface area contributed by atoms with Gasteiger partial charge >= 0.3 is 23.7 Å². The molecule has 0 unspecified atom stereocenters. The van der Waals surface area contributed by atoms with Gasteiger partial charge < -0.3 is 4.90 Å². The monoisotopic (exact) mass is 281 g/mol. The summed E-state index contributed by atoms with van der Waals surface area (Å²) in [5, 5.41) is 0. The van der Waals surface area contributed by atoms with E-state index < -0.39 is 0 Å². The first-order valence-electron chi connectivity index (χ1n) is 2.70. The fraction of sp³-hybridized carbons (Fsp3) is 0.800. The Morgan fingerprint density at radius 1 is 1.44 bits per heavy atom. The topological polar surface area (TPSA) is 3.24 Å². The third-order valence-electron chi connectivity index (χ3n) is 1.03. The summed E-state index contributed by atoms with van der Waals surface area (Å²) in [7, 11) is 0. The van der Waals surface area contributed by atoms with Crippen LogP contribution in [0, 0.1) is 0 Å². The molecule has 0 aromatic carbocycles. The fourth-order valence-electron chi connectivity index (χ4n) is 0.494. The summed E-state index contributed by atoms with van der Waals surface area (Å²) in [5.74, 6) is 0. The van der Waals surface area contributed by atoms with Gasteiger partial charge in [0.2, 0.25) is 0 Å². The molecule has 0 aliphatic rings. The molecule has 9 heavy (non-hydrogen) atoms. The molecule has 0 heterocycles. The first-order valence-corrected chi connectivity index (χ1v) is 3.55. The number of rotatable bonds is 2. The molecular weight excluding hydrogens is 266 g/mol. The van der Waals surface area contributed by atoms with E-state index in [0.29, 0.717) is 4.32 Å². The number of nitrogens with zero attached hydrogens (tertiary/aromatic N) is 1. The average molecular weight is 279 g/mol. The van der Waals surface area contributed by atoms with Gasteiger partial charge in [-0.05, 0) is 13.8 Å². The van der Waals surface area contributed by atoms with E-state index in [1.54, 1.807) is 0 Å². The summed E-state index contributed by atoms with van der Waals surface area (Å²) in [6.07, 6.45) is 0. The molecule has 0 amide bonds. The molecule has 0 N–H and O–H groups in total. The molecule has 0 aliphatic carbocycles. The van der Waals surface area contributed by atoms with Crippen molar-refractivity contribution in [2.75, 3.05) is 13.1 Å². The van der Waals surface area contributed by atoms with Crippen molar-refractivity contribution in [3.63, 3.8) is 0 Å². The van der Waals surface area contributed by atoms with Crippen LogP contribution in [0.25, 0.3) is 0 Å². The average Bonchev–Trinajstić information content (AvgIpc) is 1.69. The van der Waals surface area contributed by atoms with Gasteiger partial charge in [-0.15, -0.1) is 12.6 Å². The molecule has 1 nitrogen and oxygen atoms in total. The van der Waals surface area contributed by atoms with E-state index >= 15 is 0 Å². The zero-order chi connectivity index (χ0) is 6.57. The Hall–Kier alpha value is 1.03. The second-order valence-electron chi connectivity index (χ2n) is 1.45. The molecular formula is C5H13NS2Te. The minimum absolute atomic E-state index is 0. The van der Waals surface area contributed by atoms with Gasteiger partial charge in [-0.3, -0.25) is 0 Å². The zero-order valence-electron chi connectivity index (χ0n) is 5.72. The van der Waals surface area contributed by atoms with Gasteiger partial charge in [0.1, 0.15) is 4.32 Å². The van der Waals surface area contributed by atoms with Gasteiger partial charge in [-0.25, -0.2) is 0 Å². The Kier molecular flexibility index (Phi) is 10.1. The van der Waals surface area contributed by atoms with Crippen molar-refractivity contribution in [3.05, 3.63) is 0 Å². The van der Waals surface area contributed by atoms with Crippen molar-refractivity contribution < 1.29 is 0 Å². The predicted octanol–water partition coefficient (Wildman–Crippen LogP) is 0.627. The Morgan fingerprint density at radius 3 is 1.78 bits per heavy atom. The van der Waals surface area contributed by atoms with Crippen molar-refractivity contribution in [2.45, 2.75) is 13.8 Å². The molecule has 0 saturated heterocycles. The molecule has 0 spiro atoms. The molecule has 0 radical (unpaired) electrons. The molecule has 0 bridgehead atoms. The van der Waals surface area contributed by atoms with E-state index in [1.807, 2.05) is 4.90 Å². The van der Waals surface area contributed by atoms with Crippen LogP contribution < -0.4 is 0 Å². The molecule has 0 aromatic rings. The van der Waals surface area contributed by atoms with E-state index in [4.69, 9.17) is 12.2 Å². The predicted molar refractivity (Wildman–Crippen MR) is 53.0 cm³/mol. The van der Waals surface area contributed by atoms with Crippen LogP contribution in [0.4, 0.5) is 0 Å². The molecule has 0 aliphatic heterocycles. The second-order valence-corrected chi connectivity index (χ2v) is 2.57. The third kappa shape index (κ3) is 5.47. The molecule has 0 aromatic heterocycles. The summed E-state index contributed by atoms with van der Waals surface area (Å²) in [6.45, 7) is 6.04. The molecule has 0 rings (SSSR count). The van der Waals surface area contributed by atoms with Crippen LogP contribution in [0.15, 0.2) is 0 Å². The Bertz CT molecular complexity index is 83.0. The van der Waals surface area contributed by atoms with Crippen LogP contribution >= 0.6 is 24.8 Å². The van der Waals surface area contributed by atoms with Crippen molar-refractivity contribution in [1.29, 1.82) is 0 Å². The van der Waals surface area contributed by atoms with E-state index in [1.165, 1.54) is 0 Å². The van der Waals surface area contributed by atoms with E-state index in [9.17, 15) is 0 Å². The number of thiocarbonyl (C=S) groups is 1. The summed E-state index contributed by atoms with van der Waals surface area (Å²) >= 11 is 8.82. The Balaban J connectivity index is 0. The molecule has 4 heteroatoms. The summed E-state index contributed by atoms with van der Waals surface area (Å²) in [5.41, 5.74) is 0. The van der Waals surface area contributed by atoms with Gasteiger partial charge in [0, 0.05) is 13.1 Å². The second kappa shape index (κ2) is 7.14. The quantitative estimate of drug-likeness (QED) is 0.448. The number of thiol groups is 1. The zero-order valence-corrected chi connectivity index (χ0v) is 10.3. The molecule has 0 saturated carbocycles. The Morgan fingerprint density at radius 2 is 1.78 bits per heavy atom. The molecule has 0 fully saturated rings. The normalized spacial score (nSPS) is 7.89. The summed E-state index contributed by atoms with van der Waals surface area (Å²) in [6, 6.07) is 0. The first kappa shape index (κ1) is 12.7. The van der Waals surface area contributed by atoms with Crippen LogP contribution in [0.3, 0.4) is 0 Å². The van der Waals surface area contributed by atoms with Gasteiger partial charge in [0.15, 0.2) is 0 Å². The number of hydrogen-bond donors (Lipinski definition) is 1. The van der Waals surface area contributed by atoms with Crippen LogP contribution in [0.1, 0.15) is 13.8 Å². The van der Waals surface area contributed by atoms with Crippen LogP contribution in [-0.2, 0) is 0 Å². The van der Waals surface area contributed by atoms with Crippen LogP contribution in [0.5, 0.6) is 0 Å².